The predicted octanol–water partition coefficient (Wildman–Crippen LogP) is 5.18. The van der Waals surface area contributed by atoms with Crippen molar-refractivity contribution in [3.05, 3.63) is 94.8 Å². The van der Waals surface area contributed by atoms with E-state index in [0.29, 0.717) is 16.4 Å². The topological polar surface area (TPSA) is 84.1 Å². The van der Waals surface area contributed by atoms with Gasteiger partial charge in [-0.1, -0.05) is 47.7 Å². The van der Waals surface area contributed by atoms with Crippen LogP contribution in [0.4, 0.5) is 5.13 Å². The van der Waals surface area contributed by atoms with Gasteiger partial charge in [0.05, 0.1) is 10.2 Å². The lowest BCUT2D eigenvalue weighted by atomic mass is 10.1. The van der Waals surface area contributed by atoms with E-state index < -0.39 is 11.5 Å². The first-order chi connectivity index (χ1) is 14.7. The number of thiazole rings is 1. The number of pyridine rings is 1. The van der Waals surface area contributed by atoms with Crippen LogP contribution >= 0.6 is 11.3 Å². The molecule has 2 heterocycles. The Kier molecular flexibility index (Phi) is 4.49. The predicted molar refractivity (Wildman–Crippen MR) is 119 cm³/mol. The molecule has 0 unspecified atom stereocenters. The van der Waals surface area contributed by atoms with Gasteiger partial charge in [0.15, 0.2) is 5.13 Å². The zero-order chi connectivity index (χ0) is 20.5. The number of ether oxygens (including phenoxy) is 1. The van der Waals surface area contributed by atoms with Crippen molar-refractivity contribution in [3.63, 3.8) is 0 Å². The Morgan fingerprint density at radius 1 is 0.933 bits per heavy atom. The maximum atomic E-state index is 12.7. The minimum Gasteiger partial charge on any atom is -0.457 e. The molecule has 1 amide bonds. The van der Waals surface area contributed by atoms with Crippen LogP contribution in [0.5, 0.6) is 11.5 Å². The van der Waals surface area contributed by atoms with E-state index in [4.69, 9.17) is 4.74 Å². The number of nitrogens with zero attached hydrogens (tertiary/aromatic N) is 1. The Labute approximate surface area is 174 Å². The number of amides is 1. The minimum absolute atomic E-state index is 0.0426. The number of hydrogen-bond acceptors (Lipinski definition) is 5. The zero-order valence-corrected chi connectivity index (χ0v) is 16.4. The Morgan fingerprint density at radius 2 is 1.73 bits per heavy atom. The first-order valence-electron chi connectivity index (χ1n) is 9.23. The van der Waals surface area contributed by atoms with Crippen LogP contribution in [0.2, 0.25) is 0 Å². The fourth-order valence-electron chi connectivity index (χ4n) is 3.13. The number of fused-ring (bicyclic) bond motifs is 2. The number of aromatic nitrogens is 2. The molecule has 6 nitrogen and oxygen atoms in total. The van der Waals surface area contributed by atoms with Crippen molar-refractivity contribution in [2.24, 2.45) is 0 Å². The summed E-state index contributed by atoms with van der Waals surface area (Å²) in [6, 6.07) is 23.9. The number of H-pyrrole nitrogens is 1. The van der Waals surface area contributed by atoms with Crippen LogP contribution in [0.3, 0.4) is 0 Å². The number of para-hydroxylation sites is 2. The van der Waals surface area contributed by atoms with Gasteiger partial charge >= 0.3 is 0 Å². The summed E-state index contributed by atoms with van der Waals surface area (Å²) in [5.74, 6) is 0.924. The highest BCUT2D eigenvalue weighted by Gasteiger charge is 2.15. The largest absolute Gasteiger partial charge is 0.457 e. The molecule has 0 bridgehead atoms. The van der Waals surface area contributed by atoms with E-state index in [1.807, 2.05) is 66.7 Å². The van der Waals surface area contributed by atoms with Gasteiger partial charge in [-0.2, -0.15) is 0 Å². The molecule has 2 N–H and O–H groups in total. The smallest absolute Gasteiger partial charge is 0.263 e. The highest BCUT2D eigenvalue weighted by Crippen LogP contribution is 2.31. The van der Waals surface area contributed by atoms with E-state index in [-0.39, 0.29) is 5.56 Å². The van der Waals surface area contributed by atoms with Crippen LogP contribution in [0.25, 0.3) is 21.1 Å². The molecule has 0 aliphatic rings. The van der Waals surface area contributed by atoms with Crippen LogP contribution in [-0.2, 0) is 0 Å². The third kappa shape index (κ3) is 3.54. The van der Waals surface area contributed by atoms with E-state index in [9.17, 15) is 9.59 Å². The normalized spacial score (nSPS) is 10.9. The highest BCUT2D eigenvalue weighted by atomic mass is 32.1. The van der Waals surface area contributed by atoms with Gasteiger partial charge < -0.3 is 9.72 Å². The van der Waals surface area contributed by atoms with Crippen molar-refractivity contribution in [2.75, 3.05) is 5.32 Å². The molecular weight excluding hydrogens is 398 g/mol. The van der Waals surface area contributed by atoms with E-state index in [1.54, 1.807) is 12.1 Å². The molecule has 0 saturated heterocycles. The van der Waals surface area contributed by atoms with Gasteiger partial charge in [-0.3, -0.25) is 14.9 Å². The van der Waals surface area contributed by atoms with Crippen LogP contribution in [0.1, 0.15) is 10.4 Å². The van der Waals surface area contributed by atoms with Gasteiger partial charge in [0.25, 0.3) is 11.5 Å². The maximum Gasteiger partial charge on any atom is 0.263 e. The number of nitrogens with one attached hydrogen (secondary N) is 2. The lowest BCUT2D eigenvalue weighted by molar-refractivity contribution is 0.102. The average Bonchev–Trinajstić information content (AvgIpc) is 3.15. The summed E-state index contributed by atoms with van der Waals surface area (Å²) in [4.78, 5) is 32.1. The first kappa shape index (κ1) is 18.1. The number of hydrogen-bond donors (Lipinski definition) is 2. The lowest BCUT2D eigenvalue weighted by Gasteiger charge is -2.04. The molecule has 5 rings (SSSR count). The molecule has 5 aromatic rings. The Balaban J connectivity index is 1.40. The van der Waals surface area contributed by atoms with Crippen molar-refractivity contribution < 1.29 is 9.53 Å². The molecule has 0 fully saturated rings. The SMILES string of the molecule is O=C(Nc1nc2ccc(Oc3ccccc3)cc2s1)c1cc2ccccc2[nH]c1=O. The number of benzene rings is 3. The molecule has 0 aliphatic heterocycles. The summed E-state index contributed by atoms with van der Waals surface area (Å²) >= 11 is 1.32. The van der Waals surface area contributed by atoms with Gasteiger partial charge in [-0.15, -0.1) is 0 Å². The van der Waals surface area contributed by atoms with Crippen molar-refractivity contribution in [1.29, 1.82) is 0 Å². The highest BCUT2D eigenvalue weighted by molar-refractivity contribution is 7.22. The standard InChI is InChI=1S/C23H15N3O3S/c27-21-17(12-14-6-4-5-9-18(14)24-21)22(28)26-23-25-19-11-10-16(13-20(19)30-23)29-15-7-2-1-3-8-15/h1-13H,(H,24,27)(H,25,26,28). The molecule has 0 aliphatic carbocycles. The number of aromatic amines is 1. The fraction of sp³-hybridized carbons (Fsp3) is 0. The second-order valence-corrected chi connectivity index (χ2v) is 7.65. The third-order valence-electron chi connectivity index (χ3n) is 4.56. The van der Waals surface area contributed by atoms with Crippen LogP contribution in [0, 0.1) is 0 Å². The van der Waals surface area contributed by atoms with E-state index in [0.717, 1.165) is 21.4 Å². The van der Waals surface area contributed by atoms with Gasteiger partial charge in [-0.25, -0.2) is 4.98 Å². The van der Waals surface area contributed by atoms with Crippen molar-refractivity contribution in [3.8, 4) is 11.5 Å². The first-order valence-corrected chi connectivity index (χ1v) is 10.0. The second kappa shape index (κ2) is 7.46. The molecule has 0 saturated carbocycles. The van der Waals surface area contributed by atoms with Gasteiger partial charge in [-0.05, 0) is 41.8 Å². The average molecular weight is 413 g/mol. The lowest BCUT2D eigenvalue weighted by Crippen LogP contribution is -2.22. The Bertz CT molecular complexity index is 1440. The molecular formula is C23H15N3O3S. The molecule has 0 spiro atoms. The molecule has 7 heteroatoms. The molecule has 146 valence electrons. The number of carbonyl (C=O) groups excluding carboxylic acids is 1. The summed E-state index contributed by atoms with van der Waals surface area (Å²) < 4.78 is 6.72. The molecule has 30 heavy (non-hydrogen) atoms. The summed E-state index contributed by atoms with van der Waals surface area (Å²) in [7, 11) is 0. The summed E-state index contributed by atoms with van der Waals surface area (Å²) in [5, 5.41) is 3.93. The minimum atomic E-state index is -0.498. The number of rotatable bonds is 4. The van der Waals surface area contributed by atoms with Crippen LogP contribution in [0.15, 0.2) is 83.7 Å². The fourth-order valence-corrected chi connectivity index (χ4v) is 4.02. The van der Waals surface area contributed by atoms with E-state index in [2.05, 4.69) is 15.3 Å². The van der Waals surface area contributed by atoms with Crippen LogP contribution in [-0.4, -0.2) is 15.9 Å². The molecule has 0 atom stereocenters. The van der Waals surface area contributed by atoms with Crippen molar-refractivity contribution in [1.82, 2.24) is 9.97 Å². The summed E-state index contributed by atoms with van der Waals surface area (Å²) in [5.41, 5.74) is 1.03. The van der Waals surface area contributed by atoms with Gasteiger partial charge in [0, 0.05) is 11.6 Å². The quantitative estimate of drug-likeness (QED) is 0.425. The van der Waals surface area contributed by atoms with E-state index >= 15 is 0 Å². The van der Waals surface area contributed by atoms with Crippen LogP contribution < -0.4 is 15.6 Å². The summed E-state index contributed by atoms with van der Waals surface area (Å²) in [6.45, 7) is 0. The Hall–Kier alpha value is -3.97. The maximum absolute atomic E-state index is 12.7. The zero-order valence-electron chi connectivity index (χ0n) is 15.6. The molecule has 2 aromatic heterocycles. The Morgan fingerprint density at radius 3 is 2.60 bits per heavy atom. The van der Waals surface area contributed by atoms with Crippen molar-refractivity contribution in [2.45, 2.75) is 0 Å². The molecule has 0 radical (unpaired) electrons. The van der Waals surface area contributed by atoms with Crippen molar-refractivity contribution >= 4 is 43.5 Å². The monoisotopic (exact) mass is 413 g/mol. The summed E-state index contributed by atoms with van der Waals surface area (Å²) in [6.07, 6.45) is 0. The van der Waals surface area contributed by atoms with Gasteiger partial charge in [0.1, 0.15) is 17.1 Å². The van der Waals surface area contributed by atoms with Gasteiger partial charge in [0.2, 0.25) is 0 Å². The number of anilines is 1. The molecule has 3 aromatic carbocycles. The second-order valence-electron chi connectivity index (χ2n) is 6.62. The number of carbonyl (C=O) groups is 1. The van der Waals surface area contributed by atoms with E-state index in [1.165, 1.54) is 11.3 Å². The third-order valence-corrected chi connectivity index (χ3v) is 5.49.